The van der Waals surface area contributed by atoms with Crippen molar-refractivity contribution >= 4 is 40.6 Å². The highest BCUT2D eigenvalue weighted by molar-refractivity contribution is 7.80. The number of thiocarbonyl (C=S) groups is 1. The Balaban J connectivity index is 0.00000392. The van der Waals surface area contributed by atoms with Crippen molar-refractivity contribution in [2.75, 3.05) is 32.1 Å². The molecule has 1 aromatic rings. The average molecular weight is 474 g/mol. The number of amides is 1. The maximum Gasteiger partial charge on any atom is 0.399 e. The first-order valence-corrected chi connectivity index (χ1v) is 8.95. The first-order chi connectivity index (χ1) is 12.8. The molecule has 1 unspecified atom stereocenters. The molecule has 0 aliphatic carbocycles. The van der Waals surface area contributed by atoms with Crippen LogP contribution in [-0.2, 0) is 21.0 Å². The van der Waals surface area contributed by atoms with Crippen molar-refractivity contribution in [1.82, 2.24) is 9.80 Å². The summed E-state index contributed by atoms with van der Waals surface area (Å²) in [4.78, 5) is 34.0. The van der Waals surface area contributed by atoms with E-state index < -0.39 is 18.1 Å². The Labute approximate surface area is 179 Å². The number of halogens is 1. The fraction of sp³-hybridized carbons (Fsp3) is 0.471. The van der Waals surface area contributed by atoms with E-state index in [0.717, 1.165) is 5.69 Å². The highest BCUT2D eigenvalue weighted by atomic mass is 79.9. The van der Waals surface area contributed by atoms with Gasteiger partial charge in [-0.3, -0.25) is 9.69 Å². The topological polar surface area (TPSA) is 89.6 Å². The highest BCUT2D eigenvalue weighted by Crippen LogP contribution is 2.14. The number of aliphatic hydroxyl groups is 1. The molecule has 0 radical (unpaired) electrons. The van der Waals surface area contributed by atoms with E-state index in [1.54, 1.807) is 30.8 Å². The molecule has 1 aliphatic rings. The van der Waals surface area contributed by atoms with Crippen LogP contribution in [0.2, 0.25) is 0 Å². The van der Waals surface area contributed by atoms with Crippen LogP contribution in [0.1, 0.15) is 13.8 Å². The molecule has 0 spiro atoms. The second kappa shape index (κ2) is 10.4. The van der Waals surface area contributed by atoms with E-state index in [-0.39, 0.29) is 34.4 Å². The number of anilines is 1. The zero-order chi connectivity index (χ0) is 20.1. The molecule has 0 bridgehead atoms. The quantitative estimate of drug-likeness (QED) is 0.200. The Bertz CT molecular complexity index is 756. The Morgan fingerprint density at radius 1 is 1.32 bits per heavy atom. The molecule has 1 saturated heterocycles. The van der Waals surface area contributed by atoms with Crippen molar-refractivity contribution in [3.05, 3.63) is 24.5 Å². The fourth-order valence-electron chi connectivity index (χ4n) is 2.55. The lowest BCUT2D eigenvalue weighted by molar-refractivity contribution is -0.685. The Hall–Kier alpha value is -2.11. The van der Waals surface area contributed by atoms with Crippen LogP contribution in [0, 0.1) is 0 Å². The van der Waals surface area contributed by atoms with Gasteiger partial charge in [-0.15, -0.1) is 0 Å². The summed E-state index contributed by atoms with van der Waals surface area (Å²) in [6.07, 6.45) is 2.12. The average Bonchev–Trinajstić information content (AvgIpc) is 2.62. The normalized spacial score (nSPS) is 18.2. The number of aromatic nitrogens is 1. The van der Waals surface area contributed by atoms with Crippen molar-refractivity contribution in [3.63, 3.8) is 0 Å². The minimum atomic E-state index is -1.35. The Morgan fingerprint density at radius 2 is 1.93 bits per heavy atom. The van der Waals surface area contributed by atoms with Crippen LogP contribution in [-0.4, -0.2) is 71.0 Å². The molecule has 1 aliphatic heterocycles. The molecular weight excluding hydrogens is 450 g/mol. The van der Waals surface area contributed by atoms with Crippen molar-refractivity contribution in [1.29, 1.82) is 0 Å². The molecule has 11 heteroatoms. The summed E-state index contributed by atoms with van der Waals surface area (Å²) >= 11 is 5.21. The molecule has 9 nitrogen and oxygen atoms in total. The van der Waals surface area contributed by atoms with Crippen LogP contribution < -0.4 is 26.4 Å². The van der Waals surface area contributed by atoms with Gasteiger partial charge >= 0.3 is 5.97 Å². The molecule has 2 rings (SSSR count). The molecule has 0 aromatic carbocycles. The SMILES string of the molecule is CCN1C(=O)C(=NOC(=O)C[n+]2ccc(N(C)C)cc2)C(O)N(CC)C1=S.[Br-]. The van der Waals surface area contributed by atoms with Gasteiger partial charge in [-0.2, -0.15) is 4.57 Å². The van der Waals surface area contributed by atoms with Gasteiger partial charge in [0.15, 0.2) is 29.4 Å². The second-order valence-electron chi connectivity index (χ2n) is 6.05. The van der Waals surface area contributed by atoms with Crippen LogP contribution in [0.25, 0.3) is 0 Å². The monoisotopic (exact) mass is 473 g/mol. The summed E-state index contributed by atoms with van der Waals surface area (Å²) in [7, 11) is 3.84. The number of hydrogen-bond acceptors (Lipinski definition) is 7. The molecule has 28 heavy (non-hydrogen) atoms. The molecule has 2 heterocycles. The minimum absolute atomic E-state index is 0. The van der Waals surface area contributed by atoms with E-state index in [0.29, 0.717) is 13.1 Å². The van der Waals surface area contributed by atoms with Crippen LogP contribution in [0.4, 0.5) is 5.69 Å². The maximum atomic E-state index is 12.4. The predicted molar refractivity (Wildman–Crippen MR) is 103 cm³/mol. The molecule has 0 saturated carbocycles. The van der Waals surface area contributed by atoms with Crippen LogP contribution >= 0.6 is 12.2 Å². The van der Waals surface area contributed by atoms with E-state index >= 15 is 0 Å². The fourth-order valence-corrected chi connectivity index (χ4v) is 2.99. The summed E-state index contributed by atoms with van der Waals surface area (Å²) in [6.45, 7) is 4.17. The van der Waals surface area contributed by atoms with E-state index in [4.69, 9.17) is 17.1 Å². The minimum Gasteiger partial charge on any atom is -1.00 e. The maximum absolute atomic E-state index is 12.4. The molecule has 1 N–H and O–H groups in total. The lowest BCUT2D eigenvalue weighted by atomic mass is 10.2. The van der Waals surface area contributed by atoms with Gasteiger partial charge in [0, 0.05) is 45.0 Å². The van der Waals surface area contributed by atoms with E-state index in [2.05, 4.69) is 5.16 Å². The van der Waals surface area contributed by atoms with Gasteiger partial charge in [0.1, 0.15) is 0 Å². The third kappa shape index (κ3) is 5.24. The largest absolute Gasteiger partial charge is 1.00 e. The number of pyridine rings is 1. The molecular formula is C17H24BrN5O4S. The third-order valence-electron chi connectivity index (χ3n) is 4.09. The third-order valence-corrected chi connectivity index (χ3v) is 4.54. The van der Waals surface area contributed by atoms with Crippen LogP contribution in [0.5, 0.6) is 0 Å². The molecule has 154 valence electrons. The number of hydrogen-bond donors (Lipinski definition) is 1. The standard InChI is InChI=1S/C17H24N5O4S.BrH/c1-5-21-15(24)14(16(25)22(6-2)17(21)27)18-26-13(23)11-20-9-7-12(8-10-20)19(3)4;/h7-10,15,24H,5-6,11H2,1-4H3;1H/q+1;/p-1. The summed E-state index contributed by atoms with van der Waals surface area (Å²) < 4.78 is 1.63. The number of carbonyl (C=O) groups is 2. The lowest BCUT2D eigenvalue weighted by Gasteiger charge is -2.39. The first-order valence-electron chi connectivity index (χ1n) is 8.54. The number of carbonyl (C=O) groups excluding carboxylic acids is 2. The van der Waals surface area contributed by atoms with Gasteiger partial charge in [0.2, 0.25) is 6.54 Å². The van der Waals surface area contributed by atoms with Crippen molar-refractivity contribution < 1.29 is 41.1 Å². The molecule has 1 fully saturated rings. The van der Waals surface area contributed by atoms with Gasteiger partial charge in [-0.25, -0.2) is 4.79 Å². The smallest absolute Gasteiger partial charge is 0.399 e. The van der Waals surface area contributed by atoms with Crippen LogP contribution in [0.15, 0.2) is 29.7 Å². The molecule has 1 atom stereocenters. The van der Waals surface area contributed by atoms with Gasteiger partial charge < -0.3 is 36.7 Å². The number of oxime groups is 1. The Kier molecular flexibility index (Phi) is 8.92. The molecule has 1 amide bonds. The van der Waals surface area contributed by atoms with Gasteiger partial charge in [0.05, 0.1) is 0 Å². The zero-order valence-electron chi connectivity index (χ0n) is 16.2. The van der Waals surface area contributed by atoms with Crippen molar-refractivity contribution in [3.8, 4) is 0 Å². The van der Waals surface area contributed by atoms with Gasteiger partial charge in [-0.05, 0) is 26.1 Å². The predicted octanol–water partition coefficient (Wildman–Crippen LogP) is -3.27. The highest BCUT2D eigenvalue weighted by Gasteiger charge is 2.40. The number of nitrogens with zero attached hydrogens (tertiary/aromatic N) is 5. The van der Waals surface area contributed by atoms with E-state index in [9.17, 15) is 14.7 Å². The van der Waals surface area contributed by atoms with Crippen LogP contribution in [0.3, 0.4) is 0 Å². The lowest BCUT2D eigenvalue weighted by Crippen LogP contribution is -3.00. The van der Waals surface area contributed by atoms with Crippen molar-refractivity contribution in [2.24, 2.45) is 5.16 Å². The number of rotatable bonds is 6. The van der Waals surface area contributed by atoms with Crippen molar-refractivity contribution in [2.45, 2.75) is 26.6 Å². The van der Waals surface area contributed by atoms with E-state index in [1.807, 2.05) is 31.1 Å². The molecule has 1 aromatic heterocycles. The zero-order valence-corrected chi connectivity index (χ0v) is 18.6. The first kappa shape index (κ1) is 23.9. The summed E-state index contributed by atoms with van der Waals surface area (Å²) in [5.41, 5.74) is 0.722. The van der Waals surface area contributed by atoms with Gasteiger partial charge in [-0.1, -0.05) is 5.16 Å². The summed E-state index contributed by atoms with van der Waals surface area (Å²) in [6, 6.07) is 3.71. The second-order valence-corrected chi connectivity index (χ2v) is 6.42. The van der Waals surface area contributed by atoms with Gasteiger partial charge in [0.25, 0.3) is 5.91 Å². The Morgan fingerprint density at radius 3 is 2.43 bits per heavy atom. The summed E-state index contributed by atoms with van der Waals surface area (Å²) in [5.74, 6) is -1.24. The van der Waals surface area contributed by atoms with E-state index in [1.165, 1.54) is 9.80 Å². The summed E-state index contributed by atoms with van der Waals surface area (Å²) in [5, 5.41) is 14.2. The number of aliphatic hydroxyl groups excluding tert-OH is 1.